The van der Waals surface area contributed by atoms with Gasteiger partial charge in [0.05, 0.1) is 0 Å². The zero-order chi connectivity index (χ0) is 15.9. The van der Waals surface area contributed by atoms with Crippen LogP contribution in [0.25, 0.3) is 0 Å². The minimum atomic E-state index is -0.268. The first kappa shape index (κ1) is 16.7. The maximum Gasteiger partial charge on any atom is 0.262 e. The predicted octanol–water partition coefficient (Wildman–Crippen LogP) is 4.96. The summed E-state index contributed by atoms with van der Waals surface area (Å²) in [7, 11) is 0. The van der Waals surface area contributed by atoms with Gasteiger partial charge in [0, 0.05) is 15.7 Å². The number of hydrogen-bond acceptors (Lipinski definition) is 2. The van der Waals surface area contributed by atoms with Crippen molar-refractivity contribution < 1.29 is 9.53 Å². The highest BCUT2D eigenvalue weighted by Gasteiger charge is 2.05. The van der Waals surface area contributed by atoms with Crippen LogP contribution in [-0.4, -0.2) is 12.5 Å². The first-order chi connectivity index (χ1) is 10.6. The largest absolute Gasteiger partial charge is 0.484 e. The second-order valence-corrected chi connectivity index (χ2v) is 5.76. The zero-order valence-corrected chi connectivity index (χ0v) is 13.7. The SMILES string of the molecule is CCCc1ccc(OCC(=O)Nc2cc(Cl)cc(Cl)c2)cc1. The van der Waals surface area contributed by atoms with Crippen molar-refractivity contribution in [2.75, 3.05) is 11.9 Å². The molecule has 0 unspecified atom stereocenters. The molecule has 0 aliphatic heterocycles. The average Bonchev–Trinajstić information content (AvgIpc) is 2.46. The van der Waals surface area contributed by atoms with Gasteiger partial charge in [-0.15, -0.1) is 0 Å². The van der Waals surface area contributed by atoms with Crippen LogP contribution in [0, 0.1) is 0 Å². The number of halogens is 2. The Morgan fingerprint density at radius 2 is 1.73 bits per heavy atom. The van der Waals surface area contributed by atoms with Crippen molar-refractivity contribution in [3.8, 4) is 5.75 Å². The topological polar surface area (TPSA) is 38.3 Å². The van der Waals surface area contributed by atoms with E-state index < -0.39 is 0 Å². The Morgan fingerprint density at radius 1 is 1.09 bits per heavy atom. The lowest BCUT2D eigenvalue weighted by molar-refractivity contribution is -0.118. The summed E-state index contributed by atoms with van der Waals surface area (Å²) >= 11 is 11.8. The number of benzene rings is 2. The number of ether oxygens (including phenoxy) is 1. The monoisotopic (exact) mass is 337 g/mol. The van der Waals surface area contributed by atoms with Crippen molar-refractivity contribution in [3.63, 3.8) is 0 Å². The Morgan fingerprint density at radius 3 is 2.32 bits per heavy atom. The third-order valence-electron chi connectivity index (χ3n) is 2.98. The van der Waals surface area contributed by atoms with Crippen LogP contribution < -0.4 is 10.1 Å². The van der Waals surface area contributed by atoms with Crippen LogP contribution in [0.3, 0.4) is 0 Å². The summed E-state index contributed by atoms with van der Waals surface area (Å²) in [6.45, 7) is 2.06. The molecular formula is C17H17Cl2NO2. The molecule has 0 saturated carbocycles. The molecule has 2 aromatic carbocycles. The molecule has 5 heteroatoms. The van der Waals surface area contributed by atoms with E-state index in [1.807, 2.05) is 24.3 Å². The number of amides is 1. The number of aryl methyl sites for hydroxylation is 1. The summed E-state index contributed by atoms with van der Waals surface area (Å²) in [5.74, 6) is 0.398. The standard InChI is InChI=1S/C17H17Cl2NO2/c1-2-3-12-4-6-16(7-5-12)22-11-17(21)20-15-9-13(18)8-14(19)10-15/h4-10H,2-3,11H2,1H3,(H,20,21). The second kappa shape index (κ2) is 8.06. The molecule has 0 spiro atoms. The quantitative estimate of drug-likeness (QED) is 0.808. The van der Waals surface area contributed by atoms with E-state index >= 15 is 0 Å². The summed E-state index contributed by atoms with van der Waals surface area (Å²) in [6, 6.07) is 12.6. The van der Waals surface area contributed by atoms with Gasteiger partial charge in [-0.25, -0.2) is 0 Å². The molecule has 0 bridgehead atoms. The van der Waals surface area contributed by atoms with Gasteiger partial charge in [-0.1, -0.05) is 48.7 Å². The highest BCUT2D eigenvalue weighted by atomic mass is 35.5. The van der Waals surface area contributed by atoms with Gasteiger partial charge in [-0.3, -0.25) is 4.79 Å². The van der Waals surface area contributed by atoms with Gasteiger partial charge in [-0.05, 0) is 42.3 Å². The van der Waals surface area contributed by atoms with E-state index in [1.54, 1.807) is 18.2 Å². The van der Waals surface area contributed by atoms with E-state index in [1.165, 1.54) is 5.56 Å². The van der Waals surface area contributed by atoms with Gasteiger partial charge in [0.2, 0.25) is 0 Å². The van der Waals surface area contributed by atoms with Crippen LogP contribution in [0.2, 0.25) is 10.0 Å². The average molecular weight is 338 g/mol. The molecule has 1 amide bonds. The molecule has 0 atom stereocenters. The van der Waals surface area contributed by atoms with Gasteiger partial charge >= 0.3 is 0 Å². The van der Waals surface area contributed by atoms with E-state index in [2.05, 4.69) is 12.2 Å². The van der Waals surface area contributed by atoms with Crippen LogP contribution in [0.15, 0.2) is 42.5 Å². The van der Waals surface area contributed by atoms with Crippen molar-refractivity contribution in [2.45, 2.75) is 19.8 Å². The van der Waals surface area contributed by atoms with Gasteiger partial charge in [0.15, 0.2) is 6.61 Å². The number of rotatable bonds is 6. The van der Waals surface area contributed by atoms with Gasteiger partial charge in [0.25, 0.3) is 5.91 Å². The van der Waals surface area contributed by atoms with E-state index in [0.29, 0.717) is 21.5 Å². The Labute approximate surface area is 140 Å². The van der Waals surface area contributed by atoms with Crippen molar-refractivity contribution in [2.24, 2.45) is 0 Å². The van der Waals surface area contributed by atoms with Crippen LogP contribution in [0.1, 0.15) is 18.9 Å². The molecule has 0 aliphatic carbocycles. The van der Waals surface area contributed by atoms with Crippen molar-refractivity contribution >= 4 is 34.8 Å². The maximum atomic E-state index is 11.9. The Balaban J connectivity index is 1.87. The zero-order valence-electron chi connectivity index (χ0n) is 12.2. The number of hydrogen-bond donors (Lipinski definition) is 1. The molecule has 3 nitrogen and oxygen atoms in total. The molecule has 22 heavy (non-hydrogen) atoms. The van der Waals surface area contributed by atoms with Crippen LogP contribution in [0.5, 0.6) is 5.75 Å². The second-order valence-electron chi connectivity index (χ2n) is 4.89. The number of carbonyl (C=O) groups is 1. The van der Waals surface area contributed by atoms with Gasteiger partial charge in [0.1, 0.15) is 5.75 Å². The molecule has 116 valence electrons. The Hall–Kier alpha value is -1.71. The molecule has 2 rings (SSSR count). The molecule has 1 N–H and O–H groups in total. The molecule has 2 aromatic rings. The molecule has 0 radical (unpaired) electrons. The fourth-order valence-electron chi connectivity index (χ4n) is 2.01. The predicted molar refractivity (Wildman–Crippen MR) is 91.0 cm³/mol. The maximum absolute atomic E-state index is 11.9. The Bertz CT molecular complexity index is 621. The molecule has 0 aliphatic rings. The number of carbonyl (C=O) groups excluding carboxylic acids is 1. The van der Waals surface area contributed by atoms with Crippen molar-refractivity contribution in [3.05, 3.63) is 58.1 Å². The van der Waals surface area contributed by atoms with E-state index in [0.717, 1.165) is 12.8 Å². The molecule has 0 aromatic heterocycles. The fourth-order valence-corrected chi connectivity index (χ4v) is 2.54. The molecule has 0 heterocycles. The molecule has 0 fully saturated rings. The highest BCUT2D eigenvalue weighted by Crippen LogP contribution is 2.22. The van der Waals surface area contributed by atoms with E-state index in [-0.39, 0.29) is 12.5 Å². The Kier molecular flexibility index (Phi) is 6.10. The van der Waals surface area contributed by atoms with E-state index in [4.69, 9.17) is 27.9 Å². The van der Waals surface area contributed by atoms with Crippen LogP contribution >= 0.6 is 23.2 Å². The highest BCUT2D eigenvalue weighted by molar-refractivity contribution is 6.35. The molecular weight excluding hydrogens is 321 g/mol. The summed E-state index contributed by atoms with van der Waals surface area (Å²) in [4.78, 5) is 11.9. The third-order valence-corrected chi connectivity index (χ3v) is 3.41. The summed E-state index contributed by atoms with van der Waals surface area (Å²) in [5, 5.41) is 3.63. The molecule has 0 saturated heterocycles. The van der Waals surface area contributed by atoms with Crippen molar-refractivity contribution in [1.82, 2.24) is 0 Å². The van der Waals surface area contributed by atoms with Crippen LogP contribution in [-0.2, 0) is 11.2 Å². The normalized spacial score (nSPS) is 10.3. The minimum absolute atomic E-state index is 0.0722. The smallest absolute Gasteiger partial charge is 0.262 e. The summed E-state index contributed by atoms with van der Waals surface area (Å²) in [5.41, 5.74) is 1.80. The lowest BCUT2D eigenvalue weighted by Gasteiger charge is -2.09. The first-order valence-corrected chi connectivity index (χ1v) is 7.80. The van der Waals surface area contributed by atoms with Gasteiger partial charge in [-0.2, -0.15) is 0 Å². The van der Waals surface area contributed by atoms with Crippen LogP contribution in [0.4, 0.5) is 5.69 Å². The first-order valence-electron chi connectivity index (χ1n) is 7.04. The third kappa shape index (κ3) is 5.24. The minimum Gasteiger partial charge on any atom is -0.484 e. The fraction of sp³-hybridized carbons (Fsp3) is 0.235. The summed E-state index contributed by atoms with van der Waals surface area (Å²) < 4.78 is 5.46. The number of anilines is 1. The lowest BCUT2D eigenvalue weighted by atomic mass is 10.1. The van der Waals surface area contributed by atoms with Gasteiger partial charge < -0.3 is 10.1 Å². The number of nitrogens with one attached hydrogen (secondary N) is 1. The van der Waals surface area contributed by atoms with Crippen molar-refractivity contribution in [1.29, 1.82) is 0 Å². The lowest BCUT2D eigenvalue weighted by Crippen LogP contribution is -2.20. The van der Waals surface area contributed by atoms with E-state index in [9.17, 15) is 4.79 Å². The summed E-state index contributed by atoms with van der Waals surface area (Å²) in [6.07, 6.45) is 2.14.